The van der Waals surface area contributed by atoms with Crippen LogP contribution in [-0.4, -0.2) is 53.6 Å². The summed E-state index contributed by atoms with van der Waals surface area (Å²) in [5.74, 6) is 2.70. The predicted molar refractivity (Wildman–Crippen MR) is 128 cm³/mol. The highest BCUT2D eigenvalue weighted by Gasteiger charge is 2.30. The van der Waals surface area contributed by atoms with Crippen LogP contribution in [0.5, 0.6) is 0 Å². The molecule has 5 rings (SSSR count). The molecule has 0 aliphatic carbocycles. The van der Waals surface area contributed by atoms with Crippen molar-refractivity contribution in [2.45, 2.75) is 52.5 Å². The van der Waals surface area contributed by atoms with Gasteiger partial charge in [0.25, 0.3) is 0 Å². The van der Waals surface area contributed by atoms with Gasteiger partial charge < -0.3 is 20.0 Å². The van der Waals surface area contributed by atoms with Crippen LogP contribution in [-0.2, 0) is 13.0 Å². The number of fused-ring (bicyclic) bond motifs is 1. The SMILES string of the molecule is Cc1ccc(NC(=O)N2CCc3nc(N4CCCC4)nc(N4CCC(C)CC4)c3C2)cc1. The number of aryl methyl sites for hydroxylation is 1. The van der Waals surface area contributed by atoms with Crippen LogP contribution in [0.4, 0.5) is 22.2 Å². The van der Waals surface area contributed by atoms with Crippen molar-refractivity contribution in [1.82, 2.24) is 14.9 Å². The van der Waals surface area contributed by atoms with Crippen LogP contribution in [0, 0.1) is 12.8 Å². The fraction of sp³-hybridized carbons (Fsp3) is 0.560. The zero-order valence-electron chi connectivity index (χ0n) is 19.3. The Bertz CT molecular complexity index is 961. The number of benzene rings is 1. The third kappa shape index (κ3) is 4.38. The summed E-state index contributed by atoms with van der Waals surface area (Å²) in [4.78, 5) is 29.7. The fourth-order valence-corrected chi connectivity index (χ4v) is 4.94. The number of hydrogen-bond donors (Lipinski definition) is 1. The normalized spacial score (nSPS) is 19.2. The Morgan fingerprint density at radius 1 is 0.969 bits per heavy atom. The highest BCUT2D eigenvalue weighted by atomic mass is 16.2. The Balaban J connectivity index is 1.40. The van der Waals surface area contributed by atoms with E-state index >= 15 is 0 Å². The van der Waals surface area contributed by atoms with E-state index in [0.29, 0.717) is 13.1 Å². The van der Waals surface area contributed by atoms with E-state index in [1.165, 1.54) is 31.2 Å². The summed E-state index contributed by atoms with van der Waals surface area (Å²) in [6, 6.07) is 7.89. The van der Waals surface area contributed by atoms with Crippen LogP contribution in [0.25, 0.3) is 0 Å². The second-order valence-electron chi connectivity index (χ2n) is 9.60. The number of hydrogen-bond acceptors (Lipinski definition) is 5. The van der Waals surface area contributed by atoms with Crippen molar-refractivity contribution in [2.24, 2.45) is 5.92 Å². The standard InChI is InChI=1S/C25H34N6O/c1-18-5-7-20(8-6-18)26-25(32)31-16-11-22-21(17-31)23(29-14-9-19(2)10-15-29)28-24(27-22)30-12-3-4-13-30/h5-8,19H,3-4,9-17H2,1-2H3,(H,26,32). The number of carbonyl (C=O) groups excluding carboxylic acids is 1. The lowest BCUT2D eigenvalue weighted by atomic mass is 9.98. The molecular weight excluding hydrogens is 400 g/mol. The largest absolute Gasteiger partial charge is 0.356 e. The van der Waals surface area contributed by atoms with Crippen molar-refractivity contribution >= 4 is 23.5 Å². The Morgan fingerprint density at radius 3 is 2.41 bits per heavy atom. The van der Waals surface area contributed by atoms with E-state index in [4.69, 9.17) is 9.97 Å². The van der Waals surface area contributed by atoms with Gasteiger partial charge in [-0.1, -0.05) is 24.6 Å². The molecule has 1 aromatic heterocycles. The first-order chi connectivity index (χ1) is 15.6. The van der Waals surface area contributed by atoms with E-state index in [1.807, 2.05) is 36.1 Å². The molecule has 3 aliphatic rings. The maximum absolute atomic E-state index is 13.0. The zero-order valence-corrected chi connectivity index (χ0v) is 19.3. The molecule has 0 unspecified atom stereocenters. The van der Waals surface area contributed by atoms with Gasteiger partial charge in [0.2, 0.25) is 5.95 Å². The van der Waals surface area contributed by atoms with E-state index in [-0.39, 0.29) is 6.03 Å². The molecule has 2 fully saturated rings. The van der Waals surface area contributed by atoms with Crippen LogP contribution in [0.1, 0.15) is 49.4 Å². The summed E-state index contributed by atoms with van der Waals surface area (Å²) in [6.45, 7) is 9.76. The van der Waals surface area contributed by atoms with Crippen molar-refractivity contribution in [3.8, 4) is 0 Å². The third-order valence-corrected chi connectivity index (χ3v) is 7.09. The Labute approximate surface area is 190 Å². The number of amides is 2. The average Bonchev–Trinajstić information content (AvgIpc) is 3.35. The van der Waals surface area contributed by atoms with E-state index in [1.54, 1.807) is 0 Å². The second kappa shape index (κ2) is 8.96. The first-order valence-electron chi connectivity index (χ1n) is 12.1. The number of anilines is 3. The maximum atomic E-state index is 13.0. The Morgan fingerprint density at radius 2 is 1.69 bits per heavy atom. The quantitative estimate of drug-likeness (QED) is 0.784. The van der Waals surface area contributed by atoms with Gasteiger partial charge in [-0.05, 0) is 50.7 Å². The molecule has 4 heterocycles. The molecule has 7 nitrogen and oxygen atoms in total. The number of aromatic nitrogens is 2. The van der Waals surface area contributed by atoms with Crippen LogP contribution in [0.15, 0.2) is 24.3 Å². The van der Waals surface area contributed by atoms with Crippen molar-refractivity contribution in [3.63, 3.8) is 0 Å². The molecule has 2 saturated heterocycles. The Kier molecular flexibility index (Phi) is 5.89. The number of urea groups is 1. The van der Waals surface area contributed by atoms with Gasteiger partial charge in [-0.15, -0.1) is 0 Å². The highest BCUT2D eigenvalue weighted by molar-refractivity contribution is 5.89. The molecule has 0 saturated carbocycles. The van der Waals surface area contributed by atoms with Crippen LogP contribution < -0.4 is 15.1 Å². The number of carbonyl (C=O) groups is 1. The average molecular weight is 435 g/mol. The molecule has 1 N–H and O–H groups in total. The topological polar surface area (TPSA) is 64.6 Å². The number of piperidine rings is 1. The minimum absolute atomic E-state index is 0.0543. The van der Waals surface area contributed by atoms with Gasteiger partial charge in [0.05, 0.1) is 12.2 Å². The minimum Gasteiger partial charge on any atom is -0.356 e. The molecule has 1 aromatic carbocycles. The third-order valence-electron chi connectivity index (χ3n) is 7.09. The smallest absolute Gasteiger partial charge is 0.322 e. The van der Waals surface area contributed by atoms with Crippen LogP contribution in [0.3, 0.4) is 0 Å². The van der Waals surface area contributed by atoms with Gasteiger partial charge in [-0.2, -0.15) is 4.98 Å². The minimum atomic E-state index is -0.0543. The van der Waals surface area contributed by atoms with Crippen molar-refractivity contribution in [3.05, 3.63) is 41.1 Å². The van der Waals surface area contributed by atoms with E-state index in [2.05, 4.69) is 22.0 Å². The predicted octanol–water partition coefficient (Wildman–Crippen LogP) is 4.21. The molecule has 170 valence electrons. The molecule has 0 radical (unpaired) electrons. The summed E-state index contributed by atoms with van der Waals surface area (Å²) in [5, 5.41) is 3.05. The molecule has 2 aromatic rings. The van der Waals surface area contributed by atoms with Crippen molar-refractivity contribution in [2.75, 3.05) is 47.8 Å². The fourth-order valence-electron chi connectivity index (χ4n) is 4.94. The van der Waals surface area contributed by atoms with Gasteiger partial charge in [-0.25, -0.2) is 9.78 Å². The van der Waals surface area contributed by atoms with E-state index in [9.17, 15) is 4.79 Å². The molecule has 32 heavy (non-hydrogen) atoms. The Hall–Kier alpha value is -2.83. The van der Waals surface area contributed by atoms with Crippen molar-refractivity contribution < 1.29 is 4.79 Å². The van der Waals surface area contributed by atoms with Crippen LogP contribution in [0.2, 0.25) is 0 Å². The highest BCUT2D eigenvalue weighted by Crippen LogP contribution is 2.32. The molecule has 0 spiro atoms. The lowest BCUT2D eigenvalue weighted by Crippen LogP contribution is -2.42. The van der Waals surface area contributed by atoms with Crippen LogP contribution >= 0.6 is 0 Å². The maximum Gasteiger partial charge on any atom is 0.322 e. The first kappa shape index (κ1) is 21.0. The monoisotopic (exact) mass is 434 g/mol. The molecular formula is C25H34N6O. The lowest BCUT2D eigenvalue weighted by molar-refractivity contribution is 0.206. The van der Waals surface area contributed by atoms with Gasteiger partial charge in [-0.3, -0.25) is 0 Å². The molecule has 0 bridgehead atoms. The molecule has 0 atom stereocenters. The summed E-state index contributed by atoms with van der Waals surface area (Å²) in [5.41, 5.74) is 4.27. The molecule has 2 amide bonds. The number of nitrogens with zero attached hydrogens (tertiary/aromatic N) is 5. The number of rotatable bonds is 3. The molecule has 3 aliphatic heterocycles. The summed E-state index contributed by atoms with van der Waals surface area (Å²) < 4.78 is 0. The van der Waals surface area contributed by atoms with Gasteiger partial charge in [0, 0.05) is 50.4 Å². The number of nitrogens with one attached hydrogen (secondary N) is 1. The van der Waals surface area contributed by atoms with E-state index in [0.717, 1.165) is 67.2 Å². The second-order valence-corrected chi connectivity index (χ2v) is 9.60. The van der Waals surface area contributed by atoms with Gasteiger partial charge >= 0.3 is 6.03 Å². The van der Waals surface area contributed by atoms with Gasteiger partial charge in [0.15, 0.2) is 0 Å². The zero-order chi connectivity index (χ0) is 22.1. The summed E-state index contributed by atoms with van der Waals surface area (Å²) >= 11 is 0. The lowest BCUT2D eigenvalue weighted by Gasteiger charge is -2.36. The first-order valence-corrected chi connectivity index (χ1v) is 12.1. The summed E-state index contributed by atoms with van der Waals surface area (Å²) in [6.07, 6.45) is 5.58. The van der Waals surface area contributed by atoms with Gasteiger partial charge in [0.1, 0.15) is 5.82 Å². The van der Waals surface area contributed by atoms with Crippen molar-refractivity contribution in [1.29, 1.82) is 0 Å². The van der Waals surface area contributed by atoms with E-state index < -0.39 is 0 Å². The summed E-state index contributed by atoms with van der Waals surface area (Å²) in [7, 11) is 0. The molecule has 7 heteroatoms.